The molecule has 4 atom stereocenters. The first-order valence-corrected chi connectivity index (χ1v) is 8.73. The van der Waals surface area contributed by atoms with Crippen molar-refractivity contribution in [1.29, 1.82) is 0 Å². The van der Waals surface area contributed by atoms with Crippen LogP contribution in [0.4, 0.5) is 17.5 Å². The zero-order valence-electron chi connectivity index (χ0n) is 13.8. The molecule has 0 spiro atoms. The van der Waals surface area contributed by atoms with Crippen LogP contribution in [-0.2, 0) is 11.8 Å². The number of hydrogen-bond acceptors (Lipinski definition) is 6. The van der Waals surface area contributed by atoms with Gasteiger partial charge in [-0.1, -0.05) is 11.6 Å². The minimum absolute atomic E-state index is 0.0186. The van der Waals surface area contributed by atoms with Crippen molar-refractivity contribution in [1.82, 2.24) is 19.7 Å². The monoisotopic (exact) mass is 361 g/mol. The van der Waals surface area contributed by atoms with Crippen molar-refractivity contribution in [2.45, 2.75) is 25.3 Å². The summed E-state index contributed by atoms with van der Waals surface area (Å²) in [6, 6.07) is -0.0186. The number of carbonyl (C=O) groups is 1. The minimum Gasteiger partial charge on any atom is -0.369 e. The van der Waals surface area contributed by atoms with Crippen molar-refractivity contribution >= 4 is 35.0 Å². The highest BCUT2D eigenvalue weighted by molar-refractivity contribution is 6.32. The summed E-state index contributed by atoms with van der Waals surface area (Å²) >= 11 is 6.26. The Morgan fingerprint density at radius 3 is 2.88 bits per heavy atom. The number of nitrogens with one attached hydrogen (secondary N) is 2. The number of amides is 1. The van der Waals surface area contributed by atoms with Gasteiger partial charge in [0.1, 0.15) is 5.02 Å². The Hall–Kier alpha value is -2.35. The van der Waals surface area contributed by atoms with Gasteiger partial charge in [-0.05, 0) is 31.1 Å². The van der Waals surface area contributed by atoms with Gasteiger partial charge in [-0.25, -0.2) is 4.98 Å². The van der Waals surface area contributed by atoms with Crippen LogP contribution in [0.5, 0.6) is 0 Å². The highest BCUT2D eigenvalue weighted by Gasteiger charge is 2.50. The normalized spacial score (nSPS) is 27.4. The molecule has 2 heterocycles. The molecule has 0 aromatic carbocycles. The predicted molar refractivity (Wildman–Crippen MR) is 94.5 cm³/mol. The van der Waals surface area contributed by atoms with E-state index in [-0.39, 0.29) is 17.9 Å². The molecular formula is C16H20ClN7O. The number of hydrogen-bond donors (Lipinski definition) is 3. The SMILES string of the molecule is Cn1cc(Nc2ncc(Cl)c(N[C@@H]3[C@H]4CC[C@H](C4)[C@@H]3C(N)=O)n2)cn1. The first kappa shape index (κ1) is 16.1. The Morgan fingerprint density at radius 1 is 1.36 bits per heavy atom. The molecule has 1 amide bonds. The second-order valence-electron chi connectivity index (χ2n) is 6.85. The number of primary amides is 1. The third kappa shape index (κ3) is 3.02. The number of nitrogens with zero attached hydrogens (tertiary/aromatic N) is 4. The van der Waals surface area contributed by atoms with Crippen LogP contribution in [0.1, 0.15) is 19.3 Å². The standard InChI is InChI=1S/C16H20ClN7O/c1-24-7-10(5-20-24)21-16-19-6-11(17)15(23-16)22-13-9-3-2-8(4-9)12(13)14(18)25/h5-9,12-13H,2-4H2,1H3,(H2,18,25)(H2,19,21,22,23)/t8-,9+,12+,13-/m1/s1. The molecule has 8 nitrogen and oxygen atoms in total. The van der Waals surface area contributed by atoms with Crippen LogP contribution in [0, 0.1) is 17.8 Å². The molecule has 2 aromatic rings. The van der Waals surface area contributed by atoms with Gasteiger partial charge in [0, 0.05) is 19.3 Å². The molecule has 0 unspecified atom stereocenters. The molecule has 2 saturated carbocycles. The number of carbonyl (C=O) groups excluding carboxylic acids is 1. The van der Waals surface area contributed by atoms with Crippen LogP contribution in [0.2, 0.25) is 5.02 Å². The lowest BCUT2D eigenvalue weighted by Crippen LogP contribution is -2.42. The Balaban J connectivity index is 1.55. The summed E-state index contributed by atoms with van der Waals surface area (Å²) < 4.78 is 1.68. The number of fused-ring (bicyclic) bond motifs is 2. The highest BCUT2D eigenvalue weighted by Crippen LogP contribution is 2.49. The maximum atomic E-state index is 11.9. The van der Waals surface area contributed by atoms with E-state index in [1.807, 2.05) is 13.2 Å². The van der Waals surface area contributed by atoms with Crippen molar-refractivity contribution in [3.63, 3.8) is 0 Å². The summed E-state index contributed by atoms with van der Waals surface area (Å²) in [6.07, 6.45) is 8.27. The molecule has 0 aliphatic heterocycles. The van der Waals surface area contributed by atoms with Crippen LogP contribution < -0.4 is 16.4 Å². The average molecular weight is 362 g/mol. The first-order valence-electron chi connectivity index (χ1n) is 8.35. The summed E-state index contributed by atoms with van der Waals surface area (Å²) in [5.74, 6) is 1.32. The summed E-state index contributed by atoms with van der Waals surface area (Å²) in [5, 5.41) is 11.0. The zero-order chi connectivity index (χ0) is 17.6. The molecule has 2 aliphatic carbocycles. The average Bonchev–Trinajstić information content (AvgIpc) is 3.26. The van der Waals surface area contributed by atoms with Gasteiger partial charge in [-0.15, -0.1) is 0 Å². The number of nitrogens with two attached hydrogens (primary N) is 1. The maximum Gasteiger partial charge on any atom is 0.229 e. The van der Waals surface area contributed by atoms with Gasteiger partial charge in [0.05, 0.1) is 24.0 Å². The van der Waals surface area contributed by atoms with Crippen LogP contribution in [-0.4, -0.2) is 31.7 Å². The largest absolute Gasteiger partial charge is 0.369 e. The van der Waals surface area contributed by atoms with Gasteiger partial charge in [0.15, 0.2) is 5.82 Å². The van der Waals surface area contributed by atoms with E-state index in [0.29, 0.717) is 28.6 Å². The molecule has 4 rings (SSSR count). The molecule has 132 valence electrons. The maximum absolute atomic E-state index is 11.9. The molecule has 2 bridgehead atoms. The number of rotatable bonds is 5. The fraction of sp³-hybridized carbons (Fsp3) is 0.500. The van der Waals surface area contributed by atoms with E-state index in [2.05, 4.69) is 25.7 Å². The Bertz CT molecular complexity index is 808. The lowest BCUT2D eigenvalue weighted by Gasteiger charge is -2.30. The Kier molecular flexibility index (Phi) is 3.99. The lowest BCUT2D eigenvalue weighted by atomic mass is 9.84. The minimum atomic E-state index is -0.247. The molecule has 0 radical (unpaired) electrons. The summed E-state index contributed by atoms with van der Waals surface area (Å²) in [5.41, 5.74) is 6.42. The molecule has 9 heteroatoms. The van der Waals surface area contributed by atoms with E-state index in [1.165, 1.54) is 0 Å². The molecule has 0 saturated heterocycles. The van der Waals surface area contributed by atoms with Gasteiger partial charge >= 0.3 is 0 Å². The summed E-state index contributed by atoms with van der Waals surface area (Å²) in [7, 11) is 1.83. The quantitative estimate of drug-likeness (QED) is 0.750. The zero-order valence-corrected chi connectivity index (χ0v) is 14.6. The fourth-order valence-corrected chi connectivity index (χ4v) is 4.36. The highest BCUT2D eigenvalue weighted by atomic mass is 35.5. The van der Waals surface area contributed by atoms with Crippen molar-refractivity contribution < 1.29 is 4.79 Å². The Labute approximate surface area is 150 Å². The molecule has 2 fully saturated rings. The van der Waals surface area contributed by atoms with Gasteiger partial charge in [0.25, 0.3) is 0 Å². The van der Waals surface area contributed by atoms with Gasteiger partial charge in [-0.2, -0.15) is 10.1 Å². The second kappa shape index (κ2) is 6.18. The number of aromatic nitrogens is 4. The van der Waals surface area contributed by atoms with Crippen molar-refractivity contribution in [2.24, 2.45) is 30.5 Å². The number of anilines is 3. The predicted octanol–water partition coefficient (Wildman–Crippen LogP) is 1.92. The Morgan fingerprint density at radius 2 is 2.16 bits per heavy atom. The van der Waals surface area contributed by atoms with Crippen LogP contribution in [0.3, 0.4) is 0 Å². The topological polar surface area (TPSA) is 111 Å². The lowest BCUT2D eigenvalue weighted by molar-refractivity contribution is -0.123. The second-order valence-corrected chi connectivity index (χ2v) is 7.26. The van der Waals surface area contributed by atoms with Crippen molar-refractivity contribution in [3.05, 3.63) is 23.6 Å². The van der Waals surface area contributed by atoms with Crippen LogP contribution >= 0.6 is 11.6 Å². The summed E-state index contributed by atoms with van der Waals surface area (Å²) in [6.45, 7) is 0. The van der Waals surface area contributed by atoms with E-state index < -0.39 is 0 Å². The molecule has 4 N–H and O–H groups in total. The van der Waals surface area contributed by atoms with Crippen LogP contribution in [0.15, 0.2) is 18.6 Å². The third-order valence-electron chi connectivity index (χ3n) is 5.25. The molecule has 2 aromatic heterocycles. The molecule has 2 aliphatic rings. The van der Waals surface area contributed by atoms with E-state index in [9.17, 15) is 4.79 Å². The van der Waals surface area contributed by atoms with E-state index >= 15 is 0 Å². The van der Waals surface area contributed by atoms with Gasteiger partial charge < -0.3 is 16.4 Å². The van der Waals surface area contributed by atoms with E-state index in [1.54, 1.807) is 17.1 Å². The molecular weight excluding hydrogens is 342 g/mol. The smallest absolute Gasteiger partial charge is 0.229 e. The van der Waals surface area contributed by atoms with Crippen molar-refractivity contribution in [3.8, 4) is 0 Å². The number of aryl methyl sites for hydroxylation is 1. The van der Waals surface area contributed by atoms with Crippen LogP contribution in [0.25, 0.3) is 0 Å². The van der Waals surface area contributed by atoms with E-state index in [4.69, 9.17) is 17.3 Å². The summed E-state index contributed by atoms with van der Waals surface area (Å²) in [4.78, 5) is 20.5. The van der Waals surface area contributed by atoms with E-state index in [0.717, 1.165) is 24.9 Å². The number of halogens is 1. The van der Waals surface area contributed by atoms with Gasteiger partial charge in [0.2, 0.25) is 11.9 Å². The third-order valence-corrected chi connectivity index (χ3v) is 5.53. The fourth-order valence-electron chi connectivity index (χ4n) is 4.21. The van der Waals surface area contributed by atoms with Gasteiger partial charge in [-0.3, -0.25) is 9.48 Å². The molecule has 25 heavy (non-hydrogen) atoms. The first-order chi connectivity index (χ1) is 12.0. The van der Waals surface area contributed by atoms with Crippen molar-refractivity contribution in [2.75, 3.05) is 10.6 Å².